The van der Waals surface area contributed by atoms with Gasteiger partial charge in [-0.3, -0.25) is 9.59 Å². The minimum absolute atomic E-state index is 0.0942. The van der Waals surface area contributed by atoms with Gasteiger partial charge >= 0.3 is 12.0 Å². The Kier molecular flexibility index (Phi) is 5.05. The number of Topliss-reactive ketones (excluding diaryl/α,β-unsaturated/α-hetero) is 1. The van der Waals surface area contributed by atoms with Gasteiger partial charge in [0, 0.05) is 17.3 Å². The summed E-state index contributed by atoms with van der Waals surface area (Å²) >= 11 is 0. The first-order valence-corrected chi connectivity index (χ1v) is 5.79. The largest absolute Gasteiger partial charge is 0.481 e. The van der Waals surface area contributed by atoms with Crippen LogP contribution in [0, 0.1) is 0 Å². The van der Waals surface area contributed by atoms with Crippen LogP contribution < -0.4 is 10.6 Å². The van der Waals surface area contributed by atoms with Gasteiger partial charge in [0.15, 0.2) is 5.78 Å². The lowest BCUT2D eigenvalue weighted by molar-refractivity contribution is -0.137. The van der Waals surface area contributed by atoms with Crippen molar-refractivity contribution in [2.45, 2.75) is 26.3 Å². The molecule has 6 nitrogen and oxygen atoms in total. The zero-order valence-corrected chi connectivity index (χ0v) is 10.8. The molecule has 0 spiro atoms. The summed E-state index contributed by atoms with van der Waals surface area (Å²) in [6.07, 6.45) is -0.152. The Bertz CT molecular complexity index is 499. The SMILES string of the molecule is CC(=O)c1cccc(NC(=O)NC(C)CC(=O)O)c1. The van der Waals surface area contributed by atoms with E-state index in [4.69, 9.17) is 5.11 Å². The third-order valence-corrected chi connectivity index (χ3v) is 2.39. The van der Waals surface area contributed by atoms with Crippen molar-refractivity contribution in [1.82, 2.24) is 5.32 Å². The summed E-state index contributed by atoms with van der Waals surface area (Å²) < 4.78 is 0. The van der Waals surface area contributed by atoms with Gasteiger partial charge in [0.1, 0.15) is 0 Å². The average Bonchev–Trinajstić information content (AvgIpc) is 2.27. The maximum atomic E-state index is 11.6. The summed E-state index contributed by atoms with van der Waals surface area (Å²) in [4.78, 5) is 33.2. The number of carboxylic acids is 1. The summed E-state index contributed by atoms with van der Waals surface area (Å²) in [5, 5.41) is 13.6. The lowest BCUT2D eigenvalue weighted by Gasteiger charge is -2.12. The van der Waals surface area contributed by atoms with Crippen molar-refractivity contribution in [1.29, 1.82) is 0 Å². The summed E-state index contributed by atoms with van der Waals surface area (Å²) in [5.41, 5.74) is 0.976. The van der Waals surface area contributed by atoms with Crippen LogP contribution in [-0.4, -0.2) is 28.9 Å². The van der Waals surface area contributed by atoms with Crippen molar-refractivity contribution in [3.8, 4) is 0 Å². The van der Waals surface area contributed by atoms with Crippen LogP contribution in [0.3, 0.4) is 0 Å². The molecule has 0 saturated heterocycles. The van der Waals surface area contributed by atoms with Crippen molar-refractivity contribution in [3.05, 3.63) is 29.8 Å². The summed E-state index contributed by atoms with van der Waals surface area (Å²) in [5.74, 6) is -1.07. The molecule has 3 N–H and O–H groups in total. The maximum Gasteiger partial charge on any atom is 0.319 e. The van der Waals surface area contributed by atoms with Crippen molar-refractivity contribution in [2.75, 3.05) is 5.32 Å². The van der Waals surface area contributed by atoms with E-state index in [1.165, 1.54) is 6.92 Å². The zero-order valence-electron chi connectivity index (χ0n) is 10.8. The molecule has 0 bridgehead atoms. The molecule has 19 heavy (non-hydrogen) atoms. The molecule has 102 valence electrons. The smallest absolute Gasteiger partial charge is 0.319 e. The van der Waals surface area contributed by atoms with Gasteiger partial charge < -0.3 is 15.7 Å². The number of hydrogen-bond donors (Lipinski definition) is 3. The van der Waals surface area contributed by atoms with Crippen LogP contribution in [0.4, 0.5) is 10.5 Å². The van der Waals surface area contributed by atoms with Crippen LogP contribution in [0.15, 0.2) is 24.3 Å². The van der Waals surface area contributed by atoms with Crippen molar-refractivity contribution >= 4 is 23.5 Å². The van der Waals surface area contributed by atoms with Crippen molar-refractivity contribution in [3.63, 3.8) is 0 Å². The molecule has 1 atom stereocenters. The zero-order chi connectivity index (χ0) is 14.4. The van der Waals surface area contributed by atoms with E-state index < -0.39 is 18.0 Å². The summed E-state index contributed by atoms with van der Waals surface area (Å²) in [6.45, 7) is 3.04. The lowest BCUT2D eigenvalue weighted by Crippen LogP contribution is -2.37. The van der Waals surface area contributed by atoms with E-state index in [9.17, 15) is 14.4 Å². The van der Waals surface area contributed by atoms with E-state index in [2.05, 4.69) is 10.6 Å². The second-order valence-corrected chi connectivity index (χ2v) is 4.23. The Morgan fingerprint density at radius 3 is 2.58 bits per heavy atom. The topological polar surface area (TPSA) is 95.5 Å². The highest BCUT2D eigenvalue weighted by molar-refractivity contribution is 5.96. The Hall–Kier alpha value is -2.37. The highest BCUT2D eigenvalue weighted by Crippen LogP contribution is 2.11. The molecule has 1 aromatic rings. The number of ketones is 1. The predicted molar refractivity (Wildman–Crippen MR) is 70.3 cm³/mol. The van der Waals surface area contributed by atoms with Gasteiger partial charge in [-0.2, -0.15) is 0 Å². The number of hydrogen-bond acceptors (Lipinski definition) is 3. The number of carbonyl (C=O) groups is 3. The molecule has 2 amide bonds. The Labute approximate surface area is 110 Å². The Balaban J connectivity index is 2.59. The molecular weight excluding hydrogens is 248 g/mol. The second-order valence-electron chi connectivity index (χ2n) is 4.23. The molecule has 0 aliphatic rings. The lowest BCUT2D eigenvalue weighted by atomic mass is 10.1. The molecule has 1 rings (SSSR count). The Morgan fingerprint density at radius 1 is 1.32 bits per heavy atom. The molecular formula is C13H16N2O4. The van der Waals surface area contributed by atoms with E-state index >= 15 is 0 Å². The fourth-order valence-corrected chi connectivity index (χ4v) is 1.52. The first-order valence-electron chi connectivity index (χ1n) is 5.79. The van der Waals surface area contributed by atoms with Crippen LogP contribution in [-0.2, 0) is 4.79 Å². The molecule has 0 fully saturated rings. The van der Waals surface area contributed by atoms with Gasteiger partial charge in [-0.05, 0) is 26.0 Å². The third kappa shape index (κ3) is 5.20. The predicted octanol–water partition coefficient (Wildman–Crippen LogP) is 1.87. The number of nitrogens with one attached hydrogen (secondary N) is 2. The highest BCUT2D eigenvalue weighted by atomic mass is 16.4. The maximum absolute atomic E-state index is 11.6. The number of carboxylic acid groups (broad SMARTS) is 1. The molecule has 0 radical (unpaired) electrons. The third-order valence-electron chi connectivity index (χ3n) is 2.39. The monoisotopic (exact) mass is 264 g/mol. The Morgan fingerprint density at radius 2 is 2.00 bits per heavy atom. The fourth-order valence-electron chi connectivity index (χ4n) is 1.52. The number of amides is 2. The number of anilines is 1. The van der Waals surface area contributed by atoms with E-state index in [-0.39, 0.29) is 12.2 Å². The van der Waals surface area contributed by atoms with Crippen LogP contribution in [0.5, 0.6) is 0 Å². The second kappa shape index (κ2) is 6.53. The molecule has 0 saturated carbocycles. The summed E-state index contributed by atoms with van der Waals surface area (Å²) in [6, 6.07) is 5.53. The molecule has 0 aliphatic carbocycles. The van der Waals surface area contributed by atoms with Gasteiger partial charge in [-0.25, -0.2) is 4.79 Å². The van der Waals surface area contributed by atoms with Crippen LogP contribution in [0.25, 0.3) is 0 Å². The first-order chi connectivity index (χ1) is 8.88. The first kappa shape index (κ1) is 14.7. The number of benzene rings is 1. The van der Waals surface area contributed by atoms with Crippen LogP contribution in [0.1, 0.15) is 30.6 Å². The molecule has 1 aromatic carbocycles. The molecule has 6 heteroatoms. The molecule has 0 heterocycles. The number of urea groups is 1. The average molecular weight is 264 g/mol. The van der Waals surface area contributed by atoms with Gasteiger partial charge in [0.25, 0.3) is 0 Å². The molecule has 0 aromatic heterocycles. The summed E-state index contributed by atoms with van der Waals surface area (Å²) in [7, 11) is 0. The van der Waals surface area contributed by atoms with E-state index in [1.54, 1.807) is 31.2 Å². The van der Waals surface area contributed by atoms with E-state index in [0.29, 0.717) is 11.3 Å². The normalized spacial score (nSPS) is 11.5. The van der Waals surface area contributed by atoms with Gasteiger partial charge in [0.2, 0.25) is 0 Å². The van der Waals surface area contributed by atoms with Crippen LogP contribution in [0.2, 0.25) is 0 Å². The van der Waals surface area contributed by atoms with Crippen LogP contribution >= 0.6 is 0 Å². The van der Waals surface area contributed by atoms with Crippen molar-refractivity contribution in [2.24, 2.45) is 0 Å². The highest BCUT2D eigenvalue weighted by Gasteiger charge is 2.11. The van der Waals surface area contributed by atoms with Gasteiger partial charge in [-0.1, -0.05) is 12.1 Å². The van der Waals surface area contributed by atoms with Gasteiger partial charge in [0.05, 0.1) is 6.42 Å². The number of carbonyl (C=O) groups excluding carboxylic acids is 2. The fraction of sp³-hybridized carbons (Fsp3) is 0.308. The number of aliphatic carboxylic acids is 1. The van der Waals surface area contributed by atoms with Gasteiger partial charge in [-0.15, -0.1) is 0 Å². The minimum Gasteiger partial charge on any atom is -0.481 e. The minimum atomic E-state index is -0.980. The molecule has 1 unspecified atom stereocenters. The standard InChI is InChI=1S/C13H16N2O4/c1-8(6-12(17)18)14-13(19)15-11-5-3-4-10(7-11)9(2)16/h3-5,7-8H,6H2,1-2H3,(H,17,18)(H2,14,15,19). The van der Waals surface area contributed by atoms with E-state index in [0.717, 1.165) is 0 Å². The molecule has 0 aliphatic heterocycles. The quantitative estimate of drug-likeness (QED) is 0.707. The number of rotatable bonds is 5. The van der Waals surface area contributed by atoms with Crippen molar-refractivity contribution < 1.29 is 19.5 Å². The van der Waals surface area contributed by atoms with E-state index in [1.807, 2.05) is 0 Å².